The number of rotatable bonds is 5. The summed E-state index contributed by atoms with van der Waals surface area (Å²) >= 11 is 0. The van der Waals surface area contributed by atoms with Gasteiger partial charge < -0.3 is 16.1 Å². The Morgan fingerprint density at radius 3 is 2.96 bits per heavy atom. The fourth-order valence-corrected chi connectivity index (χ4v) is 2.21. The molecule has 9 nitrogen and oxygen atoms in total. The molecule has 0 saturated carbocycles. The summed E-state index contributed by atoms with van der Waals surface area (Å²) in [5.41, 5.74) is 8.10. The van der Waals surface area contributed by atoms with Crippen LogP contribution in [0, 0.1) is 12.3 Å². The van der Waals surface area contributed by atoms with Crippen molar-refractivity contribution in [3.05, 3.63) is 40.1 Å². The maximum Gasteiger partial charge on any atom is 0.328 e. The van der Waals surface area contributed by atoms with Gasteiger partial charge in [-0.25, -0.2) is 9.79 Å². The van der Waals surface area contributed by atoms with Gasteiger partial charge in [-0.05, 0) is 18.6 Å². The van der Waals surface area contributed by atoms with Crippen molar-refractivity contribution in [1.29, 1.82) is 5.41 Å². The van der Waals surface area contributed by atoms with E-state index in [1.807, 2.05) is 19.1 Å². The molecule has 0 radical (unpaired) electrons. The molecule has 0 saturated heterocycles. The number of aromatic amines is 1. The molecule has 0 unspecified atom stereocenters. The molecule has 3 rings (SSSR count). The summed E-state index contributed by atoms with van der Waals surface area (Å²) in [4.78, 5) is 31.5. The first-order chi connectivity index (χ1) is 11.6. The van der Waals surface area contributed by atoms with E-state index in [2.05, 4.69) is 24.9 Å². The van der Waals surface area contributed by atoms with Crippen molar-refractivity contribution in [2.75, 3.05) is 5.73 Å². The maximum atomic E-state index is 12.2. The summed E-state index contributed by atoms with van der Waals surface area (Å²) in [6.45, 7) is 2.21. The average molecular weight is 324 g/mol. The van der Waals surface area contributed by atoms with Crippen molar-refractivity contribution in [1.82, 2.24) is 24.5 Å². The Hall–Kier alpha value is -3.36. The molecule has 0 amide bonds. The van der Waals surface area contributed by atoms with Crippen molar-refractivity contribution in [2.24, 2.45) is 4.99 Å². The topological polar surface area (TPSA) is 139 Å². The van der Waals surface area contributed by atoms with E-state index in [9.17, 15) is 4.79 Å². The second-order valence-electron chi connectivity index (χ2n) is 5.18. The number of nitrogens with zero attached hydrogens (tertiary/aromatic N) is 5. The van der Waals surface area contributed by atoms with Gasteiger partial charge in [-0.1, -0.05) is 6.07 Å². The van der Waals surface area contributed by atoms with Gasteiger partial charge in [-0.15, -0.1) is 0 Å². The highest BCUT2D eigenvalue weighted by Gasteiger charge is 2.14. The number of fused-ring (bicyclic) bond motifs is 1. The first kappa shape index (κ1) is 15.5. The molecule has 0 spiro atoms. The first-order valence-electron chi connectivity index (χ1n) is 7.27. The van der Waals surface area contributed by atoms with E-state index in [1.54, 1.807) is 6.20 Å². The summed E-state index contributed by atoms with van der Waals surface area (Å²) in [5, 5.41) is 6.98. The minimum Gasteiger partial charge on any atom is -0.382 e. The van der Waals surface area contributed by atoms with Gasteiger partial charge in [0.25, 0.3) is 5.95 Å². The van der Waals surface area contributed by atoms with Crippen LogP contribution in [0.1, 0.15) is 17.7 Å². The Balaban J connectivity index is 2.06. The van der Waals surface area contributed by atoms with Crippen molar-refractivity contribution in [3.63, 3.8) is 0 Å². The zero-order valence-electron chi connectivity index (χ0n) is 13.0. The van der Waals surface area contributed by atoms with E-state index in [4.69, 9.17) is 11.1 Å². The highest BCUT2D eigenvalue weighted by molar-refractivity contribution is 5.83. The lowest BCUT2D eigenvalue weighted by Gasteiger charge is -2.04. The number of nitrogen functional groups attached to an aromatic ring is 1. The van der Waals surface area contributed by atoms with Crippen LogP contribution in [-0.4, -0.2) is 36.9 Å². The van der Waals surface area contributed by atoms with Gasteiger partial charge in [-0.2, -0.15) is 9.97 Å². The monoisotopic (exact) mass is 324 g/mol. The van der Waals surface area contributed by atoms with Crippen LogP contribution in [0.15, 0.2) is 28.1 Å². The summed E-state index contributed by atoms with van der Waals surface area (Å²) in [7, 11) is 0. The Labute approximate surface area is 136 Å². The Kier molecular flexibility index (Phi) is 4.15. The van der Waals surface area contributed by atoms with Crippen LogP contribution in [0.5, 0.6) is 0 Å². The molecule has 0 aliphatic carbocycles. The number of anilines is 1. The molecule has 0 aliphatic heterocycles. The predicted octanol–water partition coefficient (Wildman–Crippen LogP) is 1.20. The van der Waals surface area contributed by atoms with Crippen LogP contribution in [0.3, 0.4) is 0 Å². The van der Waals surface area contributed by atoms with Crippen molar-refractivity contribution >= 4 is 35.4 Å². The van der Waals surface area contributed by atoms with Crippen LogP contribution < -0.4 is 11.4 Å². The van der Waals surface area contributed by atoms with Gasteiger partial charge in [0, 0.05) is 30.7 Å². The Morgan fingerprint density at radius 2 is 2.25 bits per heavy atom. The van der Waals surface area contributed by atoms with E-state index in [-0.39, 0.29) is 17.5 Å². The number of hydrogen-bond acceptors (Lipinski definition) is 7. The zero-order valence-corrected chi connectivity index (χ0v) is 13.0. The summed E-state index contributed by atoms with van der Waals surface area (Å²) in [6, 6.07) is 3.78. The number of hydrogen-bond donors (Lipinski definition) is 3. The van der Waals surface area contributed by atoms with E-state index in [0.29, 0.717) is 24.1 Å². The molecule has 0 aliphatic rings. The van der Waals surface area contributed by atoms with Gasteiger partial charge >= 0.3 is 5.69 Å². The zero-order chi connectivity index (χ0) is 17.1. The minimum atomic E-state index is -0.327. The average Bonchev–Trinajstić information content (AvgIpc) is 2.87. The van der Waals surface area contributed by atoms with Gasteiger partial charge in [-0.3, -0.25) is 9.55 Å². The molecule has 9 heteroatoms. The lowest BCUT2D eigenvalue weighted by Crippen LogP contribution is -2.17. The minimum absolute atomic E-state index is 0.150. The number of nitrogens with one attached hydrogen (secondary N) is 2. The van der Waals surface area contributed by atoms with Crippen LogP contribution in [0.25, 0.3) is 11.2 Å². The molecule has 122 valence electrons. The number of H-pyrrole nitrogens is 1. The first-order valence-corrected chi connectivity index (χ1v) is 7.27. The second-order valence-corrected chi connectivity index (χ2v) is 5.18. The summed E-state index contributed by atoms with van der Waals surface area (Å²) in [5.74, 6) is 0.302. The van der Waals surface area contributed by atoms with Crippen LogP contribution >= 0.6 is 0 Å². The number of aliphatic imine (C=N–C) groups is 1. The quantitative estimate of drug-likeness (QED) is 0.605. The van der Waals surface area contributed by atoms with Gasteiger partial charge in [0.2, 0.25) is 0 Å². The molecule has 0 fully saturated rings. The molecule has 3 aromatic rings. The third kappa shape index (κ3) is 3.05. The fraction of sp³-hybridized carbons (Fsp3) is 0.200. The number of aromatic nitrogens is 5. The van der Waals surface area contributed by atoms with Gasteiger partial charge in [0.1, 0.15) is 5.52 Å². The van der Waals surface area contributed by atoms with Crippen molar-refractivity contribution < 1.29 is 0 Å². The van der Waals surface area contributed by atoms with E-state index >= 15 is 0 Å². The molecule has 3 heterocycles. The number of aryl methyl sites for hydroxylation is 1. The predicted molar refractivity (Wildman–Crippen MR) is 92.2 cm³/mol. The van der Waals surface area contributed by atoms with Gasteiger partial charge in [0.15, 0.2) is 11.5 Å². The van der Waals surface area contributed by atoms with Crippen molar-refractivity contribution in [2.45, 2.75) is 19.9 Å². The standard InChI is InChI=1S/C15H16N8O/c1-9-3-4-10(7-19-9)8-23-13-11(20-15(23)24)12(17)21-14(22-13)18-6-2-5-16/h3-7,16H,2,8H2,1H3,(H,20,24)(H2,17,21,22). The van der Waals surface area contributed by atoms with E-state index < -0.39 is 0 Å². The van der Waals surface area contributed by atoms with Crippen LogP contribution in [-0.2, 0) is 6.54 Å². The lowest BCUT2D eigenvalue weighted by atomic mass is 10.2. The SMILES string of the molecule is Cc1ccc(Cn2c(=O)[nH]c3c(N)nc(N=CCC=N)nc32)cn1. The maximum absolute atomic E-state index is 12.2. The summed E-state index contributed by atoms with van der Waals surface area (Å²) in [6.07, 6.45) is 4.80. The fourth-order valence-electron chi connectivity index (χ4n) is 2.21. The highest BCUT2D eigenvalue weighted by Crippen LogP contribution is 2.18. The second kappa shape index (κ2) is 6.41. The normalized spacial score (nSPS) is 11.4. The highest BCUT2D eigenvalue weighted by atomic mass is 16.1. The molecule has 4 N–H and O–H groups in total. The van der Waals surface area contributed by atoms with E-state index in [0.717, 1.165) is 11.3 Å². The molecule has 0 aromatic carbocycles. The molecule has 24 heavy (non-hydrogen) atoms. The van der Waals surface area contributed by atoms with Crippen LogP contribution in [0.2, 0.25) is 0 Å². The Bertz CT molecular complexity index is 968. The van der Waals surface area contributed by atoms with E-state index in [1.165, 1.54) is 17.0 Å². The van der Waals surface area contributed by atoms with Crippen LogP contribution in [0.4, 0.5) is 11.8 Å². The summed E-state index contributed by atoms with van der Waals surface area (Å²) < 4.78 is 1.47. The third-order valence-electron chi connectivity index (χ3n) is 3.38. The lowest BCUT2D eigenvalue weighted by molar-refractivity contribution is 0.773. The van der Waals surface area contributed by atoms with Gasteiger partial charge in [0.05, 0.1) is 6.54 Å². The van der Waals surface area contributed by atoms with Crippen molar-refractivity contribution in [3.8, 4) is 0 Å². The number of imidazole rings is 1. The molecule has 0 atom stereocenters. The number of nitrogens with two attached hydrogens (primary N) is 1. The molecular weight excluding hydrogens is 308 g/mol. The number of pyridine rings is 1. The molecule has 0 bridgehead atoms. The Morgan fingerprint density at radius 1 is 1.42 bits per heavy atom. The third-order valence-corrected chi connectivity index (χ3v) is 3.38. The molecule has 3 aromatic heterocycles. The largest absolute Gasteiger partial charge is 0.382 e. The smallest absolute Gasteiger partial charge is 0.328 e. The molecular formula is C15H16N8O.